The lowest BCUT2D eigenvalue weighted by molar-refractivity contribution is -0.112. The summed E-state index contributed by atoms with van der Waals surface area (Å²) in [6, 6.07) is 0. The third kappa shape index (κ3) is 5.92. The lowest BCUT2D eigenvalue weighted by Crippen LogP contribution is -2.12. The van der Waals surface area contributed by atoms with Crippen molar-refractivity contribution in [1.82, 2.24) is 0 Å². The van der Waals surface area contributed by atoms with Crippen molar-refractivity contribution in [2.45, 2.75) is 37.9 Å². The first-order valence-electron chi connectivity index (χ1n) is 5.86. The molecule has 19 heavy (non-hydrogen) atoms. The fourth-order valence-electron chi connectivity index (χ4n) is 1.63. The van der Waals surface area contributed by atoms with E-state index < -0.39 is 11.2 Å². The van der Waals surface area contributed by atoms with Gasteiger partial charge in [-0.1, -0.05) is 11.1 Å². The zero-order chi connectivity index (χ0) is 13.8. The maximum atomic E-state index is 10.3. The second-order valence-electron chi connectivity index (χ2n) is 5.21. The van der Waals surface area contributed by atoms with Crippen LogP contribution in [0, 0.1) is 0 Å². The predicted molar refractivity (Wildman–Crippen MR) is 72.0 cm³/mol. The molecule has 2 aliphatic rings. The van der Waals surface area contributed by atoms with E-state index in [0.717, 1.165) is 23.7 Å². The van der Waals surface area contributed by atoms with Gasteiger partial charge in [-0.15, -0.1) is 13.2 Å². The van der Waals surface area contributed by atoms with Gasteiger partial charge in [0.1, 0.15) is 0 Å². The van der Waals surface area contributed by atoms with Gasteiger partial charge in [-0.2, -0.15) is 0 Å². The highest BCUT2D eigenvalue weighted by Crippen LogP contribution is 2.31. The second-order valence-corrected chi connectivity index (χ2v) is 5.21. The molecule has 2 fully saturated rings. The smallest absolute Gasteiger partial charge is 0.154 e. The summed E-state index contributed by atoms with van der Waals surface area (Å²) in [7, 11) is 0. The number of carbonyl (C=O) groups excluding carboxylic acids is 2. The summed E-state index contributed by atoms with van der Waals surface area (Å²) in [5.41, 5.74) is 1.07. The first-order valence-corrected chi connectivity index (χ1v) is 5.86. The van der Waals surface area contributed by atoms with E-state index in [4.69, 9.17) is 9.47 Å². The normalized spacial score (nSPS) is 30.0. The topological polar surface area (TPSA) is 90.7 Å². The molecule has 0 radical (unpaired) electrons. The van der Waals surface area contributed by atoms with Crippen LogP contribution in [-0.2, 0) is 19.1 Å². The van der Waals surface area contributed by atoms with Crippen molar-refractivity contribution in [3.8, 4) is 0 Å². The van der Waals surface area contributed by atoms with Crippen LogP contribution in [0.5, 0.6) is 0 Å². The number of hydrogen-bond acceptors (Lipinski definition) is 4. The van der Waals surface area contributed by atoms with Gasteiger partial charge in [-0.05, 0) is 13.8 Å². The van der Waals surface area contributed by atoms with E-state index in [1.807, 2.05) is 13.8 Å². The molecule has 0 aromatic heterocycles. The van der Waals surface area contributed by atoms with E-state index in [2.05, 4.69) is 13.2 Å². The zero-order valence-corrected chi connectivity index (χ0v) is 11.5. The highest BCUT2D eigenvalue weighted by Gasteiger charge is 2.44. The Hall–Kier alpha value is -1.30. The van der Waals surface area contributed by atoms with Crippen molar-refractivity contribution in [3.63, 3.8) is 0 Å². The molecule has 2 saturated heterocycles. The number of aldehydes is 2. The van der Waals surface area contributed by atoms with E-state index >= 15 is 0 Å². The lowest BCUT2D eigenvalue weighted by Gasteiger charge is -1.99. The molecule has 0 bridgehead atoms. The molecule has 0 saturated carbocycles. The molecule has 0 aromatic rings. The van der Waals surface area contributed by atoms with Crippen LogP contribution in [0.15, 0.2) is 24.3 Å². The average molecular weight is 270 g/mol. The largest absolute Gasteiger partial charge is 0.412 e. The van der Waals surface area contributed by atoms with E-state index in [9.17, 15) is 9.59 Å². The van der Waals surface area contributed by atoms with Crippen molar-refractivity contribution in [1.29, 1.82) is 0 Å². The van der Waals surface area contributed by atoms with Crippen molar-refractivity contribution in [3.05, 3.63) is 24.3 Å². The Balaban J connectivity index is 0.000000324. The van der Waals surface area contributed by atoms with Gasteiger partial charge in [0, 0.05) is 12.8 Å². The summed E-state index contributed by atoms with van der Waals surface area (Å²) in [4.78, 5) is 20.5. The van der Waals surface area contributed by atoms with E-state index in [1.54, 1.807) is 0 Å². The van der Waals surface area contributed by atoms with Gasteiger partial charge >= 0.3 is 0 Å². The summed E-state index contributed by atoms with van der Waals surface area (Å²) in [5, 5.41) is 0. The molecule has 0 amide bonds. The summed E-state index contributed by atoms with van der Waals surface area (Å²) in [6.45, 7) is 12.3. The molecular weight excluding hydrogens is 248 g/mol. The van der Waals surface area contributed by atoms with Crippen molar-refractivity contribution in [2.75, 3.05) is 13.2 Å². The van der Waals surface area contributed by atoms with Crippen molar-refractivity contribution in [2.24, 2.45) is 0 Å². The highest BCUT2D eigenvalue weighted by atomic mass is 16.6. The van der Waals surface area contributed by atoms with Gasteiger partial charge in [0.15, 0.2) is 23.8 Å². The number of carbonyl (C=O) groups is 2. The van der Waals surface area contributed by atoms with Crippen LogP contribution in [0.3, 0.4) is 0 Å². The molecule has 2 atom stereocenters. The third-order valence-corrected chi connectivity index (χ3v) is 2.66. The van der Waals surface area contributed by atoms with E-state index in [-0.39, 0.29) is 5.48 Å². The lowest BCUT2D eigenvalue weighted by atomic mass is 10.0. The minimum absolute atomic E-state index is 0. The minimum atomic E-state index is -0.466. The SMILES string of the molecule is C=C(C)CC1(C=O)CO1.C=C(C)CC1(C=O)CO1.O. The van der Waals surface area contributed by atoms with E-state index in [1.165, 1.54) is 0 Å². The van der Waals surface area contributed by atoms with Crippen LogP contribution >= 0.6 is 0 Å². The third-order valence-electron chi connectivity index (χ3n) is 2.66. The van der Waals surface area contributed by atoms with Crippen LogP contribution in [-0.4, -0.2) is 42.5 Å². The van der Waals surface area contributed by atoms with Gasteiger partial charge in [0.2, 0.25) is 0 Å². The summed E-state index contributed by atoms with van der Waals surface area (Å²) in [6.07, 6.45) is 3.08. The van der Waals surface area contributed by atoms with Crippen LogP contribution in [0.2, 0.25) is 0 Å². The molecule has 0 spiro atoms. The van der Waals surface area contributed by atoms with Crippen LogP contribution in [0.4, 0.5) is 0 Å². The second kappa shape index (κ2) is 6.75. The summed E-state index contributed by atoms with van der Waals surface area (Å²) in [5.74, 6) is 0. The van der Waals surface area contributed by atoms with E-state index in [0.29, 0.717) is 26.1 Å². The van der Waals surface area contributed by atoms with Crippen LogP contribution in [0.25, 0.3) is 0 Å². The first kappa shape index (κ1) is 17.7. The van der Waals surface area contributed by atoms with Crippen molar-refractivity contribution >= 4 is 12.6 Å². The van der Waals surface area contributed by atoms with Gasteiger partial charge in [0.05, 0.1) is 13.2 Å². The first-order chi connectivity index (χ1) is 8.37. The van der Waals surface area contributed by atoms with Gasteiger partial charge in [-0.25, -0.2) is 0 Å². The molecule has 2 rings (SSSR count). The zero-order valence-electron chi connectivity index (χ0n) is 11.5. The Labute approximate surface area is 113 Å². The summed E-state index contributed by atoms with van der Waals surface area (Å²) < 4.78 is 9.85. The van der Waals surface area contributed by atoms with Gasteiger partial charge < -0.3 is 24.5 Å². The molecule has 2 N–H and O–H groups in total. The number of epoxide rings is 2. The molecule has 5 heteroatoms. The molecule has 108 valence electrons. The van der Waals surface area contributed by atoms with Crippen LogP contribution < -0.4 is 0 Å². The maximum Gasteiger partial charge on any atom is 0.154 e. The standard InChI is InChI=1S/2C7H10O2.H2O/c2*1-6(2)3-7(4-8)5-9-7;/h2*4H,1,3,5H2,2H3;1H2. The fourth-order valence-corrected chi connectivity index (χ4v) is 1.63. The fraction of sp³-hybridized carbons (Fsp3) is 0.571. The Kier molecular flexibility index (Phi) is 6.29. The van der Waals surface area contributed by atoms with Gasteiger partial charge in [0.25, 0.3) is 0 Å². The highest BCUT2D eigenvalue weighted by molar-refractivity contribution is 5.67. The quantitative estimate of drug-likeness (QED) is 0.409. The number of hydrogen-bond donors (Lipinski definition) is 0. The molecular formula is C14H22O5. The molecule has 2 unspecified atom stereocenters. The monoisotopic (exact) mass is 270 g/mol. The maximum absolute atomic E-state index is 10.3. The Morgan fingerprint density at radius 1 is 1.00 bits per heavy atom. The van der Waals surface area contributed by atoms with Crippen LogP contribution in [0.1, 0.15) is 26.7 Å². The Morgan fingerprint density at radius 2 is 1.26 bits per heavy atom. The molecule has 2 aliphatic heterocycles. The predicted octanol–water partition coefficient (Wildman–Crippen LogP) is 1.02. The molecule has 0 aromatic carbocycles. The summed E-state index contributed by atoms with van der Waals surface area (Å²) >= 11 is 0. The van der Waals surface area contributed by atoms with Crippen molar-refractivity contribution < 1.29 is 24.5 Å². The minimum Gasteiger partial charge on any atom is -0.412 e. The average Bonchev–Trinajstić information content (AvgIpc) is 3.16. The Morgan fingerprint density at radius 3 is 1.32 bits per heavy atom. The molecule has 0 aliphatic carbocycles. The molecule has 5 nitrogen and oxygen atoms in total. The van der Waals surface area contributed by atoms with Gasteiger partial charge in [-0.3, -0.25) is 0 Å². The molecule has 2 heterocycles. The Bertz CT molecular complexity index is 328. The number of rotatable bonds is 6. The number of ether oxygens (including phenoxy) is 2.